The number of hydrogen-bond acceptors (Lipinski definition) is 3. The van der Waals surface area contributed by atoms with Crippen molar-refractivity contribution in [1.82, 2.24) is 15.5 Å². The first kappa shape index (κ1) is 22.9. The number of carbonyl (C=O) groups is 1. The van der Waals surface area contributed by atoms with E-state index in [-0.39, 0.29) is 40.0 Å². The minimum atomic E-state index is -0.258. The lowest BCUT2D eigenvalue weighted by Crippen LogP contribution is -2.49. The van der Waals surface area contributed by atoms with Gasteiger partial charge in [0, 0.05) is 31.9 Å². The van der Waals surface area contributed by atoms with Gasteiger partial charge in [-0.25, -0.2) is 0 Å². The lowest BCUT2D eigenvalue weighted by atomic mass is 9.84. The molecule has 2 aliphatic rings. The van der Waals surface area contributed by atoms with E-state index < -0.39 is 0 Å². The highest BCUT2D eigenvalue weighted by Crippen LogP contribution is 2.39. The van der Waals surface area contributed by atoms with Crippen LogP contribution in [0.4, 0.5) is 0 Å². The number of nitrogens with one attached hydrogen (secondary N) is 2. The number of rotatable bonds is 6. The van der Waals surface area contributed by atoms with E-state index in [9.17, 15) is 4.79 Å². The molecule has 1 unspecified atom stereocenters. The van der Waals surface area contributed by atoms with Gasteiger partial charge in [0.15, 0.2) is 5.96 Å². The van der Waals surface area contributed by atoms with Gasteiger partial charge in [0.25, 0.3) is 0 Å². The molecule has 5 nitrogen and oxygen atoms in total. The zero-order valence-electron chi connectivity index (χ0n) is 16.2. The lowest BCUT2D eigenvalue weighted by molar-refractivity contribution is -0.138. The second-order valence-corrected chi connectivity index (χ2v) is 9.32. The van der Waals surface area contributed by atoms with Crippen LogP contribution in [0, 0.1) is 5.41 Å². The third-order valence-electron chi connectivity index (χ3n) is 5.23. The number of halogens is 1. The Morgan fingerprint density at radius 3 is 2.36 bits per heavy atom. The van der Waals surface area contributed by atoms with Crippen LogP contribution in [0.3, 0.4) is 0 Å². The summed E-state index contributed by atoms with van der Waals surface area (Å²) >= 11 is 2.03. The molecule has 1 saturated carbocycles. The maximum atomic E-state index is 12.7. The normalized spacial score (nSPS) is 25.4. The monoisotopic (exact) mass is 482 g/mol. The van der Waals surface area contributed by atoms with E-state index in [1.165, 1.54) is 18.6 Å². The minimum absolute atomic E-state index is 0. The van der Waals surface area contributed by atoms with Gasteiger partial charge >= 0.3 is 0 Å². The maximum Gasteiger partial charge on any atom is 0.230 e. The molecule has 0 aromatic carbocycles. The third kappa shape index (κ3) is 6.19. The molecule has 0 bridgehead atoms. The van der Waals surface area contributed by atoms with Crippen LogP contribution in [-0.4, -0.2) is 61.0 Å². The van der Waals surface area contributed by atoms with Crippen LogP contribution >= 0.6 is 35.7 Å². The molecular formula is C18H35IN4OS. The van der Waals surface area contributed by atoms with Crippen molar-refractivity contribution in [3.63, 3.8) is 0 Å². The Bertz CT molecular complexity index is 458. The Labute approximate surface area is 174 Å². The van der Waals surface area contributed by atoms with Crippen LogP contribution in [0.5, 0.6) is 0 Å². The van der Waals surface area contributed by atoms with Crippen molar-refractivity contribution in [2.45, 2.75) is 57.1 Å². The molecular weight excluding hydrogens is 447 g/mol. The molecule has 1 aliphatic heterocycles. The Morgan fingerprint density at radius 2 is 1.84 bits per heavy atom. The number of nitrogens with zero attached hydrogens (tertiary/aromatic N) is 2. The van der Waals surface area contributed by atoms with Gasteiger partial charge in [0.05, 0.1) is 12.0 Å². The molecule has 25 heavy (non-hydrogen) atoms. The van der Waals surface area contributed by atoms with E-state index in [0.717, 1.165) is 44.7 Å². The van der Waals surface area contributed by atoms with Gasteiger partial charge in [0.1, 0.15) is 0 Å². The van der Waals surface area contributed by atoms with Gasteiger partial charge in [-0.2, -0.15) is 11.8 Å². The zero-order chi connectivity index (χ0) is 17.6. The largest absolute Gasteiger partial charge is 0.357 e. The molecule has 1 amide bonds. The summed E-state index contributed by atoms with van der Waals surface area (Å²) in [6.07, 6.45) is 6.77. The van der Waals surface area contributed by atoms with Crippen molar-refractivity contribution in [2.75, 3.05) is 39.5 Å². The second-order valence-electron chi connectivity index (χ2n) is 7.64. The molecule has 1 heterocycles. The summed E-state index contributed by atoms with van der Waals surface area (Å²) in [6.45, 7) is 6.75. The topological polar surface area (TPSA) is 56.7 Å². The SMILES string of the molecule is CCNC(=NCC1(C)CCCS1)NCC1(C(=O)N(C)C)CCCC1.I. The quantitative estimate of drug-likeness (QED) is 0.347. The van der Waals surface area contributed by atoms with E-state index >= 15 is 0 Å². The predicted molar refractivity (Wildman–Crippen MR) is 119 cm³/mol. The molecule has 1 saturated heterocycles. The number of carbonyl (C=O) groups excluding carboxylic acids is 1. The van der Waals surface area contributed by atoms with Crippen LogP contribution in [-0.2, 0) is 4.79 Å². The number of thioether (sulfide) groups is 1. The average Bonchev–Trinajstić information content (AvgIpc) is 3.20. The summed E-state index contributed by atoms with van der Waals surface area (Å²) in [6, 6.07) is 0. The lowest BCUT2D eigenvalue weighted by Gasteiger charge is -2.31. The highest BCUT2D eigenvalue weighted by atomic mass is 127. The molecule has 2 fully saturated rings. The summed E-state index contributed by atoms with van der Waals surface area (Å²) in [7, 11) is 3.72. The number of amides is 1. The summed E-state index contributed by atoms with van der Waals surface area (Å²) in [5, 5.41) is 6.80. The van der Waals surface area contributed by atoms with Crippen molar-refractivity contribution in [2.24, 2.45) is 10.4 Å². The Kier molecular flexibility index (Phi) is 9.36. The van der Waals surface area contributed by atoms with Gasteiger partial charge in [-0.3, -0.25) is 9.79 Å². The van der Waals surface area contributed by atoms with Crippen LogP contribution in [0.1, 0.15) is 52.4 Å². The van der Waals surface area contributed by atoms with E-state index in [2.05, 4.69) is 24.5 Å². The fourth-order valence-corrected chi connectivity index (χ4v) is 5.02. The van der Waals surface area contributed by atoms with Crippen molar-refractivity contribution in [3.8, 4) is 0 Å². The van der Waals surface area contributed by atoms with Crippen LogP contribution in [0.25, 0.3) is 0 Å². The first-order chi connectivity index (χ1) is 11.4. The first-order valence-electron chi connectivity index (χ1n) is 9.29. The van der Waals surface area contributed by atoms with Gasteiger partial charge in [-0.05, 0) is 45.3 Å². The smallest absolute Gasteiger partial charge is 0.230 e. The Morgan fingerprint density at radius 1 is 1.16 bits per heavy atom. The van der Waals surface area contributed by atoms with Crippen molar-refractivity contribution in [1.29, 1.82) is 0 Å². The van der Waals surface area contributed by atoms with Gasteiger partial charge < -0.3 is 15.5 Å². The standard InChI is InChI=1S/C18H34N4OS.HI/c1-5-19-16(20-13-17(2)9-8-12-24-17)21-14-18(10-6-7-11-18)15(23)22(3)4;/h5-14H2,1-4H3,(H2,19,20,21);1H. The summed E-state index contributed by atoms with van der Waals surface area (Å²) in [5.74, 6) is 2.35. The van der Waals surface area contributed by atoms with Gasteiger partial charge in [-0.15, -0.1) is 24.0 Å². The second kappa shape index (κ2) is 10.2. The fraction of sp³-hybridized carbons (Fsp3) is 0.889. The van der Waals surface area contributed by atoms with Crippen molar-refractivity contribution < 1.29 is 4.79 Å². The van der Waals surface area contributed by atoms with E-state index in [1.807, 2.05) is 25.9 Å². The zero-order valence-corrected chi connectivity index (χ0v) is 19.3. The third-order valence-corrected chi connectivity index (χ3v) is 6.75. The van der Waals surface area contributed by atoms with E-state index in [4.69, 9.17) is 4.99 Å². The van der Waals surface area contributed by atoms with Crippen LogP contribution in [0.15, 0.2) is 4.99 Å². The summed E-state index contributed by atoms with van der Waals surface area (Å²) in [4.78, 5) is 19.2. The van der Waals surface area contributed by atoms with Crippen LogP contribution < -0.4 is 10.6 Å². The molecule has 1 atom stereocenters. The molecule has 0 spiro atoms. The molecule has 2 rings (SSSR count). The van der Waals surface area contributed by atoms with Gasteiger partial charge in [0.2, 0.25) is 5.91 Å². The summed E-state index contributed by atoms with van der Waals surface area (Å²) in [5.41, 5.74) is -0.258. The predicted octanol–water partition coefficient (Wildman–Crippen LogP) is 3.09. The highest BCUT2D eigenvalue weighted by molar-refractivity contribution is 14.0. The number of hydrogen-bond donors (Lipinski definition) is 2. The van der Waals surface area contributed by atoms with Crippen molar-refractivity contribution >= 4 is 47.6 Å². The van der Waals surface area contributed by atoms with Gasteiger partial charge in [-0.1, -0.05) is 12.8 Å². The maximum absolute atomic E-state index is 12.7. The average molecular weight is 482 g/mol. The number of aliphatic imine (C=N–C) groups is 1. The fourth-order valence-electron chi connectivity index (χ4n) is 3.79. The Balaban J connectivity index is 0.00000312. The highest BCUT2D eigenvalue weighted by Gasteiger charge is 2.42. The molecule has 2 N–H and O–H groups in total. The molecule has 0 radical (unpaired) electrons. The minimum Gasteiger partial charge on any atom is -0.357 e. The van der Waals surface area contributed by atoms with E-state index in [0.29, 0.717) is 6.54 Å². The van der Waals surface area contributed by atoms with E-state index in [1.54, 1.807) is 4.90 Å². The first-order valence-corrected chi connectivity index (χ1v) is 10.3. The van der Waals surface area contributed by atoms with Crippen molar-refractivity contribution in [3.05, 3.63) is 0 Å². The molecule has 1 aliphatic carbocycles. The van der Waals surface area contributed by atoms with Crippen LogP contribution in [0.2, 0.25) is 0 Å². The molecule has 0 aromatic rings. The molecule has 7 heteroatoms. The number of guanidine groups is 1. The molecule has 146 valence electrons. The Hall–Kier alpha value is -0.180. The molecule has 0 aromatic heterocycles. The summed E-state index contributed by atoms with van der Waals surface area (Å²) < 4.78 is 0.271.